The molecule has 0 bridgehead atoms. The van der Waals surface area contributed by atoms with E-state index in [4.69, 9.17) is 9.84 Å². The van der Waals surface area contributed by atoms with Gasteiger partial charge >= 0.3 is 5.97 Å². The van der Waals surface area contributed by atoms with E-state index in [0.29, 0.717) is 12.3 Å². The molecule has 3 aromatic carbocycles. The van der Waals surface area contributed by atoms with Crippen molar-refractivity contribution >= 4 is 17.9 Å². The Hall–Kier alpha value is -3.40. The number of nitrogens with zero attached hydrogens (tertiary/aromatic N) is 1. The molecule has 25 heavy (non-hydrogen) atoms. The number of aliphatic imine (C=N–C) groups is 1. The SMILES string of the molecule is O=C(O)c1cccc(N=Cc2ccc(OCc3ccccc3)cc2)c1. The lowest BCUT2D eigenvalue weighted by molar-refractivity contribution is 0.0697. The number of ether oxygens (including phenoxy) is 1. The van der Waals surface area contributed by atoms with Crippen molar-refractivity contribution in [3.05, 3.63) is 95.6 Å². The van der Waals surface area contributed by atoms with E-state index in [9.17, 15) is 4.79 Å². The van der Waals surface area contributed by atoms with Crippen LogP contribution >= 0.6 is 0 Å². The van der Waals surface area contributed by atoms with Gasteiger partial charge in [-0.3, -0.25) is 4.99 Å². The molecular weight excluding hydrogens is 314 g/mol. The summed E-state index contributed by atoms with van der Waals surface area (Å²) in [7, 11) is 0. The minimum Gasteiger partial charge on any atom is -0.489 e. The van der Waals surface area contributed by atoms with Crippen LogP contribution in [0.3, 0.4) is 0 Å². The molecule has 0 saturated heterocycles. The first-order valence-electron chi connectivity index (χ1n) is 7.85. The summed E-state index contributed by atoms with van der Waals surface area (Å²) in [6.07, 6.45) is 1.70. The first kappa shape index (κ1) is 16.5. The number of rotatable bonds is 6. The first-order valence-corrected chi connectivity index (χ1v) is 7.85. The maximum Gasteiger partial charge on any atom is 0.335 e. The lowest BCUT2D eigenvalue weighted by Crippen LogP contribution is -1.95. The molecule has 0 aliphatic carbocycles. The third-order valence-corrected chi connectivity index (χ3v) is 3.58. The highest BCUT2D eigenvalue weighted by Crippen LogP contribution is 2.16. The highest BCUT2D eigenvalue weighted by atomic mass is 16.5. The van der Waals surface area contributed by atoms with E-state index in [0.717, 1.165) is 16.9 Å². The van der Waals surface area contributed by atoms with Crippen LogP contribution in [0.1, 0.15) is 21.5 Å². The number of hydrogen-bond donors (Lipinski definition) is 1. The van der Waals surface area contributed by atoms with Crippen LogP contribution in [0.4, 0.5) is 5.69 Å². The topological polar surface area (TPSA) is 58.9 Å². The van der Waals surface area contributed by atoms with Crippen molar-refractivity contribution in [2.45, 2.75) is 6.61 Å². The van der Waals surface area contributed by atoms with Gasteiger partial charge in [-0.25, -0.2) is 4.79 Å². The summed E-state index contributed by atoms with van der Waals surface area (Å²) in [5, 5.41) is 8.99. The molecule has 1 N–H and O–H groups in total. The van der Waals surface area contributed by atoms with Crippen LogP contribution in [0.15, 0.2) is 83.9 Å². The van der Waals surface area contributed by atoms with Crippen molar-refractivity contribution in [3.8, 4) is 5.75 Å². The third-order valence-electron chi connectivity index (χ3n) is 3.58. The molecule has 0 heterocycles. The fourth-order valence-corrected chi connectivity index (χ4v) is 2.26. The molecule has 0 saturated carbocycles. The van der Waals surface area contributed by atoms with Gasteiger partial charge in [-0.1, -0.05) is 36.4 Å². The predicted molar refractivity (Wildman–Crippen MR) is 97.9 cm³/mol. The zero-order valence-electron chi connectivity index (χ0n) is 13.5. The molecule has 0 amide bonds. The molecule has 4 nitrogen and oxygen atoms in total. The van der Waals surface area contributed by atoms with Gasteiger partial charge in [0, 0.05) is 6.21 Å². The van der Waals surface area contributed by atoms with Crippen molar-refractivity contribution in [2.24, 2.45) is 4.99 Å². The molecule has 0 aliphatic heterocycles. The van der Waals surface area contributed by atoms with Gasteiger partial charge in [0.2, 0.25) is 0 Å². The summed E-state index contributed by atoms with van der Waals surface area (Å²) in [5.74, 6) is -0.175. The third kappa shape index (κ3) is 4.78. The Balaban J connectivity index is 1.62. The van der Waals surface area contributed by atoms with Crippen LogP contribution in [0.2, 0.25) is 0 Å². The average Bonchev–Trinajstić information content (AvgIpc) is 2.66. The van der Waals surface area contributed by atoms with Gasteiger partial charge in [-0.05, 0) is 53.6 Å². The highest BCUT2D eigenvalue weighted by Gasteiger charge is 2.02. The Morgan fingerprint density at radius 2 is 1.72 bits per heavy atom. The molecule has 0 spiro atoms. The lowest BCUT2D eigenvalue weighted by atomic mass is 10.2. The van der Waals surface area contributed by atoms with E-state index in [1.807, 2.05) is 54.6 Å². The molecule has 0 fully saturated rings. The Bertz CT molecular complexity index is 871. The molecule has 0 unspecified atom stereocenters. The number of carboxylic acid groups (broad SMARTS) is 1. The van der Waals surface area contributed by atoms with Gasteiger partial charge in [0.15, 0.2) is 0 Å². The molecule has 124 valence electrons. The zero-order chi connectivity index (χ0) is 17.5. The second-order valence-corrected chi connectivity index (χ2v) is 5.46. The van der Waals surface area contributed by atoms with Crippen LogP contribution in [0, 0.1) is 0 Å². The van der Waals surface area contributed by atoms with Crippen molar-refractivity contribution in [1.82, 2.24) is 0 Å². The summed E-state index contributed by atoms with van der Waals surface area (Å²) in [4.78, 5) is 15.3. The van der Waals surface area contributed by atoms with Gasteiger partial charge in [-0.15, -0.1) is 0 Å². The summed E-state index contributed by atoms with van der Waals surface area (Å²) in [5.41, 5.74) is 2.85. The van der Waals surface area contributed by atoms with Gasteiger partial charge in [-0.2, -0.15) is 0 Å². The number of hydrogen-bond acceptors (Lipinski definition) is 3. The lowest BCUT2D eigenvalue weighted by Gasteiger charge is -2.06. The van der Waals surface area contributed by atoms with E-state index in [2.05, 4.69) is 4.99 Å². The molecule has 3 rings (SSSR count). The Kier molecular flexibility index (Phi) is 5.22. The van der Waals surface area contributed by atoms with E-state index < -0.39 is 5.97 Å². The van der Waals surface area contributed by atoms with Crippen molar-refractivity contribution < 1.29 is 14.6 Å². The van der Waals surface area contributed by atoms with Crippen molar-refractivity contribution in [1.29, 1.82) is 0 Å². The predicted octanol–water partition coefficient (Wildman–Crippen LogP) is 4.71. The Labute approximate surface area is 146 Å². The van der Waals surface area contributed by atoms with E-state index in [1.165, 1.54) is 6.07 Å². The fourth-order valence-electron chi connectivity index (χ4n) is 2.26. The normalized spacial score (nSPS) is 10.7. The number of carbonyl (C=O) groups is 1. The number of benzene rings is 3. The summed E-state index contributed by atoms with van der Waals surface area (Å²) in [6, 6.07) is 24.1. The zero-order valence-corrected chi connectivity index (χ0v) is 13.5. The minimum absolute atomic E-state index is 0.222. The molecule has 4 heteroatoms. The van der Waals surface area contributed by atoms with Crippen LogP contribution in [-0.2, 0) is 6.61 Å². The highest BCUT2D eigenvalue weighted by molar-refractivity contribution is 5.89. The largest absolute Gasteiger partial charge is 0.489 e. The number of aromatic carboxylic acids is 1. The molecule has 0 atom stereocenters. The van der Waals surface area contributed by atoms with Gasteiger partial charge in [0.1, 0.15) is 12.4 Å². The minimum atomic E-state index is -0.961. The summed E-state index contributed by atoms with van der Waals surface area (Å²) >= 11 is 0. The van der Waals surface area contributed by atoms with Crippen LogP contribution in [0.5, 0.6) is 5.75 Å². The second-order valence-electron chi connectivity index (χ2n) is 5.46. The van der Waals surface area contributed by atoms with Gasteiger partial charge < -0.3 is 9.84 Å². The maximum atomic E-state index is 11.0. The Morgan fingerprint density at radius 1 is 0.960 bits per heavy atom. The standard InChI is InChI=1S/C21H17NO3/c23-21(24)18-7-4-8-19(13-18)22-14-16-9-11-20(12-10-16)25-15-17-5-2-1-3-6-17/h1-14H,15H2,(H,23,24). The van der Waals surface area contributed by atoms with Crippen LogP contribution < -0.4 is 4.74 Å². The number of carboxylic acids is 1. The molecule has 0 radical (unpaired) electrons. The summed E-state index contributed by atoms with van der Waals surface area (Å²) < 4.78 is 5.74. The van der Waals surface area contributed by atoms with Gasteiger partial charge in [0.05, 0.1) is 11.3 Å². The van der Waals surface area contributed by atoms with E-state index >= 15 is 0 Å². The molecule has 0 aliphatic rings. The monoisotopic (exact) mass is 331 g/mol. The maximum absolute atomic E-state index is 11.0. The first-order chi connectivity index (χ1) is 12.2. The molecule has 3 aromatic rings. The van der Waals surface area contributed by atoms with E-state index in [1.54, 1.807) is 24.4 Å². The van der Waals surface area contributed by atoms with Crippen LogP contribution in [-0.4, -0.2) is 17.3 Å². The Morgan fingerprint density at radius 3 is 2.44 bits per heavy atom. The van der Waals surface area contributed by atoms with Crippen molar-refractivity contribution in [3.63, 3.8) is 0 Å². The van der Waals surface area contributed by atoms with Crippen molar-refractivity contribution in [2.75, 3.05) is 0 Å². The quantitative estimate of drug-likeness (QED) is 0.665. The summed E-state index contributed by atoms with van der Waals surface area (Å²) in [6.45, 7) is 0.524. The smallest absolute Gasteiger partial charge is 0.335 e. The molecule has 0 aromatic heterocycles. The fraction of sp³-hybridized carbons (Fsp3) is 0.0476. The second kappa shape index (κ2) is 7.93. The molecular formula is C21H17NO3. The van der Waals surface area contributed by atoms with E-state index in [-0.39, 0.29) is 5.56 Å². The van der Waals surface area contributed by atoms with Crippen LogP contribution in [0.25, 0.3) is 0 Å². The average molecular weight is 331 g/mol. The van der Waals surface area contributed by atoms with Gasteiger partial charge in [0.25, 0.3) is 0 Å².